The maximum Gasteiger partial charge on any atom is 0.228 e. The van der Waals surface area contributed by atoms with Crippen LogP contribution >= 0.6 is 0 Å². The topological polar surface area (TPSA) is 66.0 Å². The highest BCUT2D eigenvalue weighted by Gasteiger charge is 2.15. The van der Waals surface area contributed by atoms with Crippen molar-refractivity contribution >= 4 is 11.6 Å². The summed E-state index contributed by atoms with van der Waals surface area (Å²) in [5.41, 5.74) is 2.07. The van der Waals surface area contributed by atoms with Crippen LogP contribution < -0.4 is 16.0 Å². The lowest BCUT2D eigenvalue weighted by atomic mass is 10.2. The lowest BCUT2D eigenvalue weighted by molar-refractivity contribution is -0.115. The minimum atomic E-state index is 0.0983. The average molecular weight is 298 g/mol. The van der Waals surface area contributed by atoms with Crippen LogP contribution in [0, 0.1) is 0 Å². The Morgan fingerprint density at radius 2 is 1.45 bits per heavy atom. The normalized spacial score (nSPS) is 15.4. The Bertz CT molecular complexity index is 490. The van der Waals surface area contributed by atoms with E-state index in [1.807, 2.05) is 42.5 Å². The molecule has 22 heavy (non-hydrogen) atoms. The van der Waals surface area contributed by atoms with Crippen molar-refractivity contribution in [3.8, 4) is 0 Å². The number of hydrogen-bond acceptors (Lipinski definition) is 4. The number of pyridine rings is 1. The maximum absolute atomic E-state index is 10.8. The number of hydrogen-bond donors (Lipinski definition) is 3. The molecule has 3 N–H and O–H groups in total. The molecule has 4 rings (SSSR count). The van der Waals surface area contributed by atoms with Gasteiger partial charge in [0.25, 0.3) is 0 Å². The first-order valence-corrected chi connectivity index (χ1v) is 7.50. The molecular weight excluding hydrogens is 276 g/mol. The SMILES string of the molecule is C1CNCCN1.O=C1Cc2ccccc2N1.c1ccncc1. The Morgan fingerprint density at radius 3 is 1.91 bits per heavy atom. The van der Waals surface area contributed by atoms with Crippen molar-refractivity contribution in [1.29, 1.82) is 0 Å². The number of amides is 1. The summed E-state index contributed by atoms with van der Waals surface area (Å²) in [6, 6.07) is 13.5. The molecule has 2 aliphatic rings. The predicted molar refractivity (Wildman–Crippen MR) is 88.8 cm³/mol. The van der Waals surface area contributed by atoms with Gasteiger partial charge in [-0.25, -0.2) is 0 Å². The van der Waals surface area contributed by atoms with Crippen molar-refractivity contribution < 1.29 is 4.79 Å². The molecule has 1 aromatic carbocycles. The molecule has 0 atom stereocenters. The molecule has 3 heterocycles. The zero-order valence-electron chi connectivity index (χ0n) is 12.6. The summed E-state index contributed by atoms with van der Waals surface area (Å²) in [7, 11) is 0. The first-order chi connectivity index (χ1) is 10.9. The van der Waals surface area contributed by atoms with Gasteiger partial charge < -0.3 is 16.0 Å². The van der Waals surface area contributed by atoms with Gasteiger partial charge in [0.05, 0.1) is 6.42 Å². The molecule has 1 aromatic heterocycles. The molecule has 2 aliphatic heterocycles. The third-order valence-electron chi connectivity index (χ3n) is 3.17. The molecule has 0 unspecified atom stereocenters. The lowest BCUT2D eigenvalue weighted by Gasteiger charge is -2.11. The minimum Gasteiger partial charge on any atom is -0.326 e. The van der Waals surface area contributed by atoms with E-state index in [0.29, 0.717) is 6.42 Å². The van der Waals surface area contributed by atoms with E-state index in [1.165, 1.54) is 0 Å². The van der Waals surface area contributed by atoms with Crippen LogP contribution in [-0.2, 0) is 11.2 Å². The molecule has 2 aromatic rings. The quantitative estimate of drug-likeness (QED) is 0.688. The number of carbonyl (C=O) groups is 1. The fourth-order valence-electron chi connectivity index (χ4n) is 2.08. The summed E-state index contributed by atoms with van der Waals surface area (Å²) >= 11 is 0. The van der Waals surface area contributed by atoms with E-state index in [9.17, 15) is 4.79 Å². The fourth-order valence-corrected chi connectivity index (χ4v) is 2.08. The molecule has 1 amide bonds. The summed E-state index contributed by atoms with van der Waals surface area (Å²) in [4.78, 5) is 14.6. The van der Waals surface area contributed by atoms with Crippen molar-refractivity contribution in [2.75, 3.05) is 31.5 Å². The minimum absolute atomic E-state index is 0.0983. The van der Waals surface area contributed by atoms with E-state index in [4.69, 9.17) is 0 Å². The van der Waals surface area contributed by atoms with Gasteiger partial charge in [-0.2, -0.15) is 0 Å². The standard InChI is InChI=1S/C8H7NO.C5H5N.C4H10N2/c10-8-5-6-3-1-2-4-7(6)9-8;1-2-4-6-5-3-1;1-2-6-4-3-5-1/h1-4H,5H2,(H,9,10);1-5H;5-6H,1-4H2. The van der Waals surface area contributed by atoms with Crippen LogP contribution in [-0.4, -0.2) is 37.1 Å². The Kier molecular flexibility index (Phi) is 7.08. The number of anilines is 1. The van der Waals surface area contributed by atoms with Crippen molar-refractivity contribution in [3.63, 3.8) is 0 Å². The van der Waals surface area contributed by atoms with Crippen molar-refractivity contribution in [2.45, 2.75) is 6.42 Å². The average Bonchev–Trinajstić information content (AvgIpc) is 2.99. The zero-order chi connectivity index (χ0) is 15.5. The van der Waals surface area contributed by atoms with Gasteiger partial charge in [0.2, 0.25) is 5.91 Å². The Morgan fingerprint density at radius 1 is 0.818 bits per heavy atom. The predicted octanol–water partition coefficient (Wildman–Crippen LogP) is 1.44. The van der Waals surface area contributed by atoms with Crippen LogP contribution in [0.3, 0.4) is 0 Å². The third kappa shape index (κ3) is 6.03. The largest absolute Gasteiger partial charge is 0.326 e. The summed E-state index contributed by atoms with van der Waals surface area (Å²) in [6.07, 6.45) is 4.04. The van der Waals surface area contributed by atoms with Crippen LogP contribution in [0.2, 0.25) is 0 Å². The Balaban J connectivity index is 0.000000128. The number of fused-ring (bicyclic) bond motifs is 1. The van der Waals surface area contributed by atoms with Crippen molar-refractivity contribution in [3.05, 3.63) is 60.4 Å². The van der Waals surface area contributed by atoms with Gasteiger partial charge in [-0.3, -0.25) is 9.78 Å². The van der Waals surface area contributed by atoms with Gasteiger partial charge in [-0.05, 0) is 23.8 Å². The third-order valence-corrected chi connectivity index (χ3v) is 3.17. The smallest absolute Gasteiger partial charge is 0.228 e. The highest BCUT2D eigenvalue weighted by atomic mass is 16.1. The monoisotopic (exact) mass is 298 g/mol. The molecule has 0 spiro atoms. The van der Waals surface area contributed by atoms with E-state index in [-0.39, 0.29) is 5.91 Å². The number of piperazine rings is 1. The summed E-state index contributed by atoms with van der Waals surface area (Å²) in [6.45, 7) is 4.56. The van der Waals surface area contributed by atoms with Gasteiger partial charge in [0.1, 0.15) is 0 Å². The van der Waals surface area contributed by atoms with Gasteiger partial charge in [0, 0.05) is 44.3 Å². The van der Waals surface area contributed by atoms with Crippen molar-refractivity contribution in [1.82, 2.24) is 15.6 Å². The van der Waals surface area contributed by atoms with Gasteiger partial charge in [-0.1, -0.05) is 24.3 Å². The molecule has 0 aliphatic carbocycles. The second-order valence-corrected chi connectivity index (χ2v) is 4.91. The number of aromatic nitrogens is 1. The number of nitrogens with zero attached hydrogens (tertiary/aromatic N) is 1. The maximum atomic E-state index is 10.8. The molecular formula is C17H22N4O. The Hall–Kier alpha value is -2.24. The molecule has 5 heteroatoms. The second kappa shape index (κ2) is 9.65. The molecule has 0 bridgehead atoms. The van der Waals surface area contributed by atoms with E-state index in [0.717, 1.165) is 37.4 Å². The van der Waals surface area contributed by atoms with E-state index in [2.05, 4.69) is 20.9 Å². The molecule has 5 nitrogen and oxygen atoms in total. The number of nitrogens with one attached hydrogen (secondary N) is 3. The molecule has 116 valence electrons. The van der Waals surface area contributed by atoms with E-state index < -0.39 is 0 Å². The highest BCUT2D eigenvalue weighted by molar-refractivity contribution is 5.98. The van der Waals surface area contributed by atoms with Crippen LogP contribution in [0.25, 0.3) is 0 Å². The number of carbonyl (C=O) groups excluding carboxylic acids is 1. The Labute approximate surface area is 131 Å². The first-order valence-electron chi connectivity index (χ1n) is 7.50. The van der Waals surface area contributed by atoms with Crippen LogP contribution in [0.4, 0.5) is 5.69 Å². The first kappa shape index (κ1) is 16.1. The lowest BCUT2D eigenvalue weighted by Crippen LogP contribution is -2.39. The van der Waals surface area contributed by atoms with E-state index in [1.54, 1.807) is 12.4 Å². The van der Waals surface area contributed by atoms with Gasteiger partial charge >= 0.3 is 0 Å². The molecule has 1 saturated heterocycles. The number of rotatable bonds is 0. The van der Waals surface area contributed by atoms with Crippen LogP contribution in [0.5, 0.6) is 0 Å². The van der Waals surface area contributed by atoms with Crippen LogP contribution in [0.1, 0.15) is 5.56 Å². The second-order valence-electron chi connectivity index (χ2n) is 4.91. The summed E-state index contributed by atoms with van der Waals surface area (Å²) in [5, 5.41) is 9.20. The zero-order valence-corrected chi connectivity index (χ0v) is 12.6. The van der Waals surface area contributed by atoms with Gasteiger partial charge in [0.15, 0.2) is 0 Å². The number of para-hydroxylation sites is 1. The number of benzene rings is 1. The summed E-state index contributed by atoms with van der Waals surface area (Å²) < 4.78 is 0. The summed E-state index contributed by atoms with van der Waals surface area (Å²) in [5.74, 6) is 0.0983. The van der Waals surface area contributed by atoms with Gasteiger partial charge in [-0.15, -0.1) is 0 Å². The van der Waals surface area contributed by atoms with Crippen molar-refractivity contribution in [2.24, 2.45) is 0 Å². The molecule has 1 fully saturated rings. The fraction of sp³-hybridized carbons (Fsp3) is 0.294. The highest BCUT2D eigenvalue weighted by Crippen LogP contribution is 2.20. The molecule has 0 radical (unpaired) electrons. The molecule has 0 saturated carbocycles. The van der Waals surface area contributed by atoms with E-state index >= 15 is 0 Å². The van der Waals surface area contributed by atoms with Crippen LogP contribution in [0.15, 0.2) is 54.9 Å².